The van der Waals surface area contributed by atoms with Gasteiger partial charge in [-0.3, -0.25) is 4.79 Å². The Hall–Kier alpha value is 2.36. The molecule has 0 aromatic rings. The Balaban J connectivity index is 3.14. The molecule has 0 heterocycles. The minimum absolute atomic E-state index is 0.0440. The van der Waals surface area contributed by atoms with Crippen LogP contribution in [-0.2, 0) is 4.79 Å². The zero-order chi connectivity index (χ0) is 10.5. The summed E-state index contributed by atoms with van der Waals surface area (Å²) in [4.78, 5) is 11.5. The number of hydrogen-bond acceptors (Lipinski definition) is 1. The maximum atomic E-state index is 11.5. The number of rotatable bonds is 0. The van der Waals surface area contributed by atoms with Crippen LogP contribution >= 0.6 is 91.3 Å². The minimum atomic E-state index is -1.15. The van der Waals surface area contributed by atoms with Crippen molar-refractivity contribution in [3.8, 4) is 0 Å². The first kappa shape index (κ1) is 13.4. The molecule has 0 aromatic heterocycles. The molecule has 1 nitrogen and oxygen atoms in total. The molecule has 1 aliphatic rings. The van der Waals surface area contributed by atoms with Crippen LogP contribution in [0.4, 0.5) is 0 Å². The Morgan fingerprint density at radius 3 is 2.00 bits per heavy atom. The highest BCUT2D eigenvalue weighted by molar-refractivity contribution is 9.31. The van der Waals surface area contributed by atoms with Gasteiger partial charge in [0.15, 0.2) is 9.57 Å². The van der Waals surface area contributed by atoms with Gasteiger partial charge >= 0.3 is 0 Å². The Morgan fingerprint density at radius 2 is 1.62 bits per heavy atom. The van der Waals surface area contributed by atoms with E-state index in [1.807, 2.05) is 0 Å². The Bertz CT molecular complexity index is 249. The van der Waals surface area contributed by atoms with Gasteiger partial charge in [-0.1, -0.05) is 91.3 Å². The molecule has 0 amide bonds. The highest BCUT2D eigenvalue weighted by Gasteiger charge is 2.64. The van der Waals surface area contributed by atoms with Gasteiger partial charge in [0.1, 0.15) is 6.47 Å². The topological polar surface area (TPSA) is 17.1 Å². The van der Waals surface area contributed by atoms with E-state index in [1.165, 1.54) is 0 Å². The third-order valence-electron chi connectivity index (χ3n) is 1.87. The second-order valence-electron chi connectivity index (χ2n) is 2.78. The predicted molar refractivity (Wildman–Crippen MR) is 72.9 cm³/mol. The molecular weight excluding hydrogens is 523 g/mol. The SMILES string of the molecule is O=C1CCC(Br)(Br)C(Br)(Br)C1(Cl)Br. The second-order valence-corrected chi connectivity index (χ2v) is 12.2. The number of hydrogen-bond donors (Lipinski definition) is 0. The lowest BCUT2D eigenvalue weighted by atomic mass is 9.98. The standard InChI is InChI=1S/C6H4Br5ClO/c7-4(8)2-1-3(13)5(9,12)6(4,10)11/h1-2H2. The Labute approximate surface area is 123 Å². The number of halogens is 6. The largest absolute Gasteiger partial charge is 0.297 e. The van der Waals surface area contributed by atoms with E-state index in [2.05, 4.69) is 79.6 Å². The molecule has 1 rings (SSSR count). The minimum Gasteiger partial charge on any atom is -0.297 e. The monoisotopic (exact) mass is 522 g/mol. The van der Waals surface area contributed by atoms with Crippen molar-refractivity contribution >= 4 is 97.0 Å². The van der Waals surface area contributed by atoms with Gasteiger partial charge in [-0.15, -0.1) is 0 Å². The molecule has 1 atom stereocenters. The van der Waals surface area contributed by atoms with Crippen LogP contribution in [0.2, 0.25) is 0 Å². The molecule has 0 aliphatic heterocycles. The van der Waals surface area contributed by atoms with Gasteiger partial charge < -0.3 is 0 Å². The summed E-state index contributed by atoms with van der Waals surface area (Å²) in [6, 6.07) is 0. The molecular formula is C6H4Br5ClO. The van der Waals surface area contributed by atoms with Gasteiger partial charge in [0, 0.05) is 6.42 Å². The molecule has 0 aromatic carbocycles. The maximum absolute atomic E-state index is 11.5. The maximum Gasteiger partial charge on any atom is 0.184 e. The molecule has 76 valence electrons. The molecule has 1 aliphatic carbocycles. The third kappa shape index (κ3) is 2.09. The van der Waals surface area contributed by atoms with Crippen LogP contribution in [0.5, 0.6) is 0 Å². The first-order valence-electron chi connectivity index (χ1n) is 3.30. The first-order chi connectivity index (χ1) is 5.63. The summed E-state index contributed by atoms with van der Waals surface area (Å²) >= 11 is 23.1. The van der Waals surface area contributed by atoms with E-state index in [4.69, 9.17) is 11.6 Å². The van der Waals surface area contributed by atoms with Crippen molar-refractivity contribution in [2.45, 2.75) is 23.1 Å². The molecule has 0 N–H and O–H groups in total. The van der Waals surface area contributed by atoms with E-state index in [-0.39, 0.29) is 5.78 Å². The summed E-state index contributed by atoms with van der Waals surface area (Å²) in [6.07, 6.45) is 1.08. The molecule has 1 fully saturated rings. The van der Waals surface area contributed by atoms with Crippen LogP contribution in [0, 0.1) is 0 Å². The fourth-order valence-corrected chi connectivity index (χ4v) is 4.37. The van der Waals surface area contributed by atoms with Gasteiger partial charge in [-0.2, -0.15) is 0 Å². The van der Waals surface area contributed by atoms with Crippen LogP contribution in [0.3, 0.4) is 0 Å². The zero-order valence-electron chi connectivity index (χ0n) is 6.09. The molecule has 0 spiro atoms. The highest BCUT2D eigenvalue weighted by atomic mass is 79.9. The molecule has 1 saturated carbocycles. The van der Waals surface area contributed by atoms with E-state index in [0.29, 0.717) is 12.8 Å². The number of Topliss-reactive ketones (excluding diaryl/α,β-unsaturated/α-hetero) is 1. The lowest BCUT2D eigenvalue weighted by Gasteiger charge is -2.45. The molecule has 7 heteroatoms. The van der Waals surface area contributed by atoms with E-state index in [9.17, 15) is 4.79 Å². The van der Waals surface area contributed by atoms with Crippen LogP contribution in [0.25, 0.3) is 0 Å². The number of carbonyl (C=O) groups is 1. The van der Waals surface area contributed by atoms with E-state index >= 15 is 0 Å². The number of alkyl halides is 6. The summed E-state index contributed by atoms with van der Waals surface area (Å²) in [6.45, 7) is 0. The van der Waals surface area contributed by atoms with Gasteiger partial charge in [0.2, 0.25) is 0 Å². The lowest BCUT2D eigenvalue weighted by Crippen LogP contribution is -2.56. The normalized spacial score (nSPS) is 37.5. The summed E-state index contributed by atoms with van der Waals surface area (Å²) in [5, 5.41) is 0. The van der Waals surface area contributed by atoms with Crippen molar-refractivity contribution in [3.63, 3.8) is 0 Å². The van der Waals surface area contributed by atoms with Gasteiger partial charge in [-0.25, -0.2) is 0 Å². The van der Waals surface area contributed by atoms with Crippen molar-refractivity contribution < 1.29 is 4.79 Å². The van der Waals surface area contributed by atoms with E-state index < -0.39 is 10.3 Å². The number of carbonyl (C=O) groups excluding carboxylic acids is 1. The van der Waals surface area contributed by atoms with Crippen molar-refractivity contribution in [2.24, 2.45) is 0 Å². The molecule has 1 unspecified atom stereocenters. The van der Waals surface area contributed by atoms with E-state index in [0.717, 1.165) is 0 Å². The molecule has 0 bridgehead atoms. The van der Waals surface area contributed by atoms with Gasteiger partial charge in [0.05, 0.1) is 0 Å². The quantitative estimate of drug-likeness (QED) is 0.420. The summed E-state index contributed by atoms with van der Waals surface area (Å²) in [5.74, 6) is -0.0440. The van der Waals surface area contributed by atoms with Crippen LogP contribution in [-0.4, -0.2) is 16.0 Å². The second kappa shape index (κ2) is 3.99. The summed E-state index contributed by atoms with van der Waals surface area (Å²) in [7, 11) is 0. The summed E-state index contributed by atoms with van der Waals surface area (Å²) in [5.41, 5.74) is 0. The lowest BCUT2D eigenvalue weighted by molar-refractivity contribution is -0.120. The molecule has 0 saturated heterocycles. The molecule has 0 radical (unpaired) electrons. The molecule has 13 heavy (non-hydrogen) atoms. The van der Waals surface area contributed by atoms with Crippen molar-refractivity contribution in [3.05, 3.63) is 0 Å². The Morgan fingerprint density at radius 1 is 1.15 bits per heavy atom. The Kier molecular flexibility index (Phi) is 4.12. The number of ketones is 1. The van der Waals surface area contributed by atoms with E-state index in [1.54, 1.807) is 0 Å². The average molecular weight is 527 g/mol. The van der Waals surface area contributed by atoms with Crippen LogP contribution < -0.4 is 0 Å². The van der Waals surface area contributed by atoms with Crippen molar-refractivity contribution in [1.29, 1.82) is 0 Å². The zero-order valence-corrected chi connectivity index (χ0v) is 14.8. The smallest absolute Gasteiger partial charge is 0.184 e. The van der Waals surface area contributed by atoms with Gasteiger partial charge in [-0.05, 0) is 6.42 Å². The van der Waals surface area contributed by atoms with Gasteiger partial charge in [0.25, 0.3) is 0 Å². The first-order valence-corrected chi connectivity index (χ1v) is 7.64. The van der Waals surface area contributed by atoms with Crippen LogP contribution in [0.15, 0.2) is 0 Å². The third-order valence-corrected chi connectivity index (χ3v) is 11.6. The average Bonchev–Trinajstić information content (AvgIpc) is 1.97. The highest BCUT2D eigenvalue weighted by Crippen LogP contribution is 2.63. The van der Waals surface area contributed by atoms with Crippen LogP contribution in [0.1, 0.15) is 12.8 Å². The summed E-state index contributed by atoms with van der Waals surface area (Å²) < 4.78 is -2.37. The van der Waals surface area contributed by atoms with Crippen molar-refractivity contribution in [1.82, 2.24) is 0 Å². The fraction of sp³-hybridized carbons (Fsp3) is 0.833. The van der Waals surface area contributed by atoms with Crippen molar-refractivity contribution in [2.75, 3.05) is 0 Å². The fourth-order valence-electron chi connectivity index (χ4n) is 0.989. The predicted octanol–water partition coefficient (Wildman–Crippen LogP) is 4.65.